The number of carbonyl (C=O) groups is 2. The molecule has 0 aromatic rings. The molecule has 0 aliphatic carbocycles. The lowest BCUT2D eigenvalue weighted by molar-refractivity contribution is -0.136. The third kappa shape index (κ3) is 34.0. The Bertz CT molecular complexity index is 557. The summed E-state index contributed by atoms with van der Waals surface area (Å²) < 4.78 is 41.4. The third-order valence-corrected chi connectivity index (χ3v) is 5.14. The Balaban J connectivity index is -0.000000286. The Labute approximate surface area is 149 Å². The molecule has 138 valence electrons. The van der Waals surface area contributed by atoms with E-state index in [-0.39, 0.29) is 35.4 Å². The van der Waals surface area contributed by atoms with Gasteiger partial charge in [-0.2, -0.15) is 0 Å². The predicted molar refractivity (Wildman–Crippen MR) is 89.8 cm³/mol. The van der Waals surface area contributed by atoms with Crippen molar-refractivity contribution in [1.82, 2.24) is 0 Å². The van der Waals surface area contributed by atoms with Crippen molar-refractivity contribution in [2.24, 2.45) is 0 Å². The number of halogens is 3. The highest BCUT2D eigenvalue weighted by Gasteiger charge is 2.11. The van der Waals surface area contributed by atoms with E-state index in [2.05, 4.69) is 6.58 Å². The van der Waals surface area contributed by atoms with Gasteiger partial charge in [0, 0.05) is 28.5 Å². The summed E-state index contributed by atoms with van der Waals surface area (Å²) >= 11 is 10.2. The van der Waals surface area contributed by atoms with E-state index in [1.807, 2.05) is 0 Å². The number of carboxylic acids is 2. The van der Waals surface area contributed by atoms with Crippen LogP contribution in [-0.4, -0.2) is 68.0 Å². The molecule has 0 aromatic carbocycles. The summed E-state index contributed by atoms with van der Waals surface area (Å²) in [5.41, 5.74) is 0. The summed E-state index contributed by atoms with van der Waals surface area (Å²) in [6.07, 6.45) is 0.485. The summed E-state index contributed by atoms with van der Waals surface area (Å²) in [7, 11) is -1.85. The smallest absolute Gasteiger partial charge is 0.327 e. The molecule has 0 fully saturated rings. The monoisotopic (exact) mass is 434 g/mol. The van der Waals surface area contributed by atoms with E-state index >= 15 is 0 Å². The van der Waals surface area contributed by atoms with Crippen molar-refractivity contribution in [2.45, 2.75) is 6.42 Å². The van der Waals surface area contributed by atoms with Crippen LogP contribution in [0.5, 0.6) is 0 Å². The minimum absolute atomic E-state index is 0.0158. The molecule has 8 nitrogen and oxygen atoms in total. The van der Waals surface area contributed by atoms with Gasteiger partial charge in [-0.3, -0.25) is 4.79 Å². The summed E-state index contributed by atoms with van der Waals surface area (Å²) in [6.45, 7) is 2.96. The van der Waals surface area contributed by atoms with Gasteiger partial charge in [-0.15, -0.1) is 23.2 Å². The molecule has 0 amide bonds. The summed E-state index contributed by atoms with van der Waals surface area (Å²) in [4.78, 5) is 19.2. The van der Waals surface area contributed by atoms with Crippen LogP contribution in [0, 0.1) is 0 Å². The number of aliphatic carboxylic acids is 2. The van der Waals surface area contributed by atoms with Crippen molar-refractivity contribution >= 4 is 64.7 Å². The van der Waals surface area contributed by atoms with E-state index in [1.54, 1.807) is 0 Å². The fourth-order valence-electron chi connectivity index (χ4n) is 0.555. The first-order valence-electron chi connectivity index (χ1n) is 5.63. The average Bonchev–Trinajstić information content (AvgIpc) is 2.36. The summed E-state index contributed by atoms with van der Waals surface area (Å²) in [6, 6.07) is 0. The second-order valence-corrected chi connectivity index (χ2v) is 9.41. The maximum atomic E-state index is 10.8. The zero-order valence-corrected chi connectivity index (χ0v) is 15.7. The zero-order chi connectivity index (χ0) is 19.1. The van der Waals surface area contributed by atoms with E-state index in [4.69, 9.17) is 44.1 Å². The molecular formula is C10H17Cl3O8S2. The Morgan fingerprint density at radius 1 is 0.957 bits per heavy atom. The molecule has 0 saturated heterocycles. The quantitative estimate of drug-likeness (QED) is 0.328. The third-order valence-electron chi connectivity index (χ3n) is 1.51. The van der Waals surface area contributed by atoms with E-state index in [1.165, 1.54) is 0 Å². The second-order valence-electron chi connectivity index (χ2n) is 3.46. The van der Waals surface area contributed by atoms with Gasteiger partial charge >= 0.3 is 11.9 Å². The normalized spacial score (nSPS) is 10.4. The van der Waals surface area contributed by atoms with E-state index in [0.29, 0.717) is 0 Å². The van der Waals surface area contributed by atoms with E-state index in [0.717, 1.165) is 6.08 Å². The molecule has 0 radical (unpaired) electrons. The van der Waals surface area contributed by atoms with Gasteiger partial charge < -0.3 is 10.2 Å². The Hall–Kier alpha value is -0.550. The molecular weight excluding hydrogens is 419 g/mol. The molecule has 0 aromatic heterocycles. The number of sulfone groups is 1. The number of hydrogen-bond donors (Lipinski definition) is 2. The average molecular weight is 436 g/mol. The fraction of sp³-hybridized carbons (Fsp3) is 0.600. The van der Waals surface area contributed by atoms with Gasteiger partial charge in [-0.25, -0.2) is 21.6 Å². The van der Waals surface area contributed by atoms with Crippen molar-refractivity contribution in [3.8, 4) is 0 Å². The summed E-state index contributed by atoms with van der Waals surface area (Å²) in [5.74, 6) is -2.64. The fourth-order valence-corrected chi connectivity index (χ4v) is 3.45. The molecule has 0 saturated carbocycles. The first-order valence-corrected chi connectivity index (χ1v) is 11.0. The highest BCUT2D eigenvalue weighted by molar-refractivity contribution is 8.13. The minimum Gasteiger partial charge on any atom is -0.481 e. The zero-order valence-electron chi connectivity index (χ0n) is 11.8. The molecule has 0 rings (SSSR count). The van der Waals surface area contributed by atoms with Crippen molar-refractivity contribution in [2.75, 3.05) is 29.0 Å². The van der Waals surface area contributed by atoms with Gasteiger partial charge in [0.1, 0.15) is 0 Å². The minimum atomic E-state index is -3.33. The Morgan fingerprint density at radius 2 is 1.35 bits per heavy atom. The standard InChI is InChI=1S/C5H9ClO4S.C3H4O2.C2H4Cl2O2S/c6-2-4-11(9,10)3-1-5(7)8;1-2-3(4)5;3-1-2-7(4,5)6/h1-4H2,(H,7,8);2H,1H2,(H,4,5);1-2H2. The van der Waals surface area contributed by atoms with Crippen LogP contribution in [0.2, 0.25) is 0 Å². The molecule has 0 spiro atoms. The van der Waals surface area contributed by atoms with Crippen LogP contribution in [-0.2, 0) is 28.5 Å². The van der Waals surface area contributed by atoms with Gasteiger partial charge in [0.05, 0.1) is 23.7 Å². The molecule has 2 N–H and O–H groups in total. The van der Waals surface area contributed by atoms with Gasteiger partial charge in [0.25, 0.3) is 0 Å². The van der Waals surface area contributed by atoms with Gasteiger partial charge in [0.2, 0.25) is 9.05 Å². The van der Waals surface area contributed by atoms with E-state index in [9.17, 15) is 26.4 Å². The second kappa shape index (κ2) is 15.0. The predicted octanol–water partition coefficient (Wildman–Crippen LogP) is 1.17. The topological polar surface area (TPSA) is 143 Å². The van der Waals surface area contributed by atoms with Gasteiger partial charge in [0.15, 0.2) is 9.84 Å². The molecule has 0 atom stereocenters. The first kappa shape index (κ1) is 27.3. The van der Waals surface area contributed by atoms with Crippen molar-refractivity contribution in [1.29, 1.82) is 0 Å². The van der Waals surface area contributed by atoms with Gasteiger partial charge in [-0.1, -0.05) is 6.58 Å². The maximum Gasteiger partial charge on any atom is 0.327 e. The van der Waals surface area contributed by atoms with Crippen LogP contribution in [0.3, 0.4) is 0 Å². The van der Waals surface area contributed by atoms with Crippen LogP contribution in [0.15, 0.2) is 12.7 Å². The van der Waals surface area contributed by atoms with Gasteiger partial charge in [-0.05, 0) is 0 Å². The van der Waals surface area contributed by atoms with Crippen LogP contribution >= 0.6 is 33.9 Å². The number of rotatable bonds is 8. The van der Waals surface area contributed by atoms with Crippen LogP contribution in [0.4, 0.5) is 0 Å². The summed E-state index contributed by atoms with van der Waals surface area (Å²) in [5, 5.41) is 15.8. The molecule has 0 unspecified atom stereocenters. The van der Waals surface area contributed by atoms with Crippen LogP contribution in [0.1, 0.15) is 6.42 Å². The highest BCUT2D eigenvalue weighted by atomic mass is 35.7. The first-order chi connectivity index (χ1) is 10.3. The van der Waals surface area contributed by atoms with Crippen molar-refractivity contribution < 1.29 is 36.6 Å². The van der Waals surface area contributed by atoms with E-state index < -0.39 is 30.8 Å². The molecule has 0 aliphatic heterocycles. The molecule has 23 heavy (non-hydrogen) atoms. The lowest BCUT2D eigenvalue weighted by Gasteiger charge is -1.97. The van der Waals surface area contributed by atoms with Crippen LogP contribution in [0.25, 0.3) is 0 Å². The lowest BCUT2D eigenvalue weighted by atomic mass is 10.5. The van der Waals surface area contributed by atoms with Crippen LogP contribution < -0.4 is 0 Å². The number of carboxylic acid groups (broad SMARTS) is 2. The molecule has 0 heterocycles. The Kier molecular flexibility index (Phi) is 17.8. The van der Waals surface area contributed by atoms with Crippen molar-refractivity contribution in [3.63, 3.8) is 0 Å². The molecule has 0 aliphatic rings. The number of alkyl halides is 2. The van der Waals surface area contributed by atoms with Crippen molar-refractivity contribution in [3.05, 3.63) is 12.7 Å². The maximum absolute atomic E-state index is 10.8. The SMILES string of the molecule is C=CC(=O)O.O=C(O)CCS(=O)(=O)CCCl.O=S(=O)(Cl)CCCl. The molecule has 13 heteroatoms. The highest BCUT2D eigenvalue weighted by Crippen LogP contribution is 1.95. The lowest BCUT2D eigenvalue weighted by Crippen LogP contribution is -2.14. The Morgan fingerprint density at radius 3 is 1.52 bits per heavy atom. The largest absolute Gasteiger partial charge is 0.481 e. The number of hydrogen-bond acceptors (Lipinski definition) is 6. The molecule has 0 bridgehead atoms.